The molecule has 1 aliphatic carbocycles. The first-order chi connectivity index (χ1) is 11.1. The van der Waals surface area contributed by atoms with Crippen LogP contribution in [0.3, 0.4) is 0 Å². The predicted molar refractivity (Wildman–Crippen MR) is 84.7 cm³/mol. The number of aliphatic carboxylic acids is 1. The van der Waals surface area contributed by atoms with Gasteiger partial charge in [-0.05, 0) is 44.4 Å². The molecule has 1 aromatic carbocycles. The Kier molecular flexibility index (Phi) is 5.84. The molecule has 0 saturated heterocycles. The highest BCUT2D eigenvalue weighted by molar-refractivity contribution is 5.89. The van der Waals surface area contributed by atoms with Crippen molar-refractivity contribution in [3.8, 4) is 11.5 Å². The number of rotatable bonds is 9. The van der Waals surface area contributed by atoms with Crippen LogP contribution in [0, 0.1) is 11.8 Å². The average molecular weight is 321 g/mol. The number of amides is 1. The lowest BCUT2D eigenvalue weighted by Crippen LogP contribution is -2.28. The topological polar surface area (TPSA) is 84.9 Å². The summed E-state index contributed by atoms with van der Waals surface area (Å²) in [6, 6.07) is 5.72. The van der Waals surface area contributed by atoms with Crippen molar-refractivity contribution in [2.75, 3.05) is 19.8 Å². The van der Waals surface area contributed by atoms with E-state index in [2.05, 4.69) is 5.32 Å². The third-order valence-electron chi connectivity index (χ3n) is 3.77. The van der Waals surface area contributed by atoms with Crippen LogP contribution in [-0.4, -0.2) is 36.7 Å². The summed E-state index contributed by atoms with van der Waals surface area (Å²) < 4.78 is 11.1. The maximum atomic E-state index is 11.8. The standard InChI is InChI=1S/C17H23NO5/c1-3-22-14-6-5-11(9-15(14)23-4-2)7-8-18-16(19)12-10-13(12)17(20)21/h5-6,9,12-13H,3-4,7-8,10H2,1-2H3,(H,18,19)(H,20,21). The molecule has 1 saturated carbocycles. The summed E-state index contributed by atoms with van der Waals surface area (Å²) in [5, 5.41) is 11.6. The predicted octanol–water partition coefficient (Wildman–Crippen LogP) is 1.86. The number of carboxylic acids is 1. The summed E-state index contributed by atoms with van der Waals surface area (Å²) in [6.45, 7) is 5.43. The van der Waals surface area contributed by atoms with Crippen LogP contribution in [0.2, 0.25) is 0 Å². The van der Waals surface area contributed by atoms with Gasteiger partial charge in [-0.2, -0.15) is 0 Å². The van der Waals surface area contributed by atoms with Crippen molar-refractivity contribution in [1.29, 1.82) is 0 Å². The van der Waals surface area contributed by atoms with Gasteiger partial charge in [-0.3, -0.25) is 9.59 Å². The smallest absolute Gasteiger partial charge is 0.307 e. The second-order valence-electron chi connectivity index (χ2n) is 5.48. The Morgan fingerprint density at radius 2 is 1.87 bits per heavy atom. The second kappa shape index (κ2) is 7.85. The van der Waals surface area contributed by atoms with E-state index >= 15 is 0 Å². The monoisotopic (exact) mass is 321 g/mol. The van der Waals surface area contributed by atoms with Gasteiger partial charge in [0.25, 0.3) is 0 Å². The molecule has 0 radical (unpaired) electrons. The molecule has 1 amide bonds. The van der Waals surface area contributed by atoms with Crippen LogP contribution in [0.25, 0.3) is 0 Å². The Hall–Kier alpha value is -2.24. The molecule has 0 aromatic heterocycles. The molecular formula is C17H23NO5. The first-order valence-corrected chi connectivity index (χ1v) is 7.95. The van der Waals surface area contributed by atoms with E-state index in [0.29, 0.717) is 44.1 Å². The second-order valence-corrected chi connectivity index (χ2v) is 5.48. The molecule has 2 N–H and O–H groups in total. The zero-order valence-corrected chi connectivity index (χ0v) is 13.5. The van der Waals surface area contributed by atoms with Gasteiger partial charge in [0, 0.05) is 6.54 Å². The fourth-order valence-electron chi connectivity index (χ4n) is 2.47. The fourth-order valence-corrected chi connectivity index (χ4v) is 2.47. The number of carbonyl (C=O) groups is 2. The van der Waals surface area contributed by atoms with Crippen LogP contribution in [0.4, 0.5) is 0 Å². The molecule has 0 spiro atoms. The third kappa shape index (κ3) is 4.61. The molecule has 23 heavy (non-hydrogen) atoms. The van der Waals surface area contributed by atoms with Crippen molar-refractivity contribution in [3.63, 3.8) is 0 Å². The molecule has 2 atom stereocenters. The number of carboxylic acid groups (broad SMARTS) is 1. The van der Waals surface area contributed by atoms with E-state index in [1.807, 2.05) is 32.0 Å². The van der Waals surface area contributed by atoms with Crippen LogP contribution in [0.5, 0.6) is 11.5 Å². The molecule has 0 aliphatic heterocycles. The van der Waals surface area contributed by atoms with E-state index in [1.165, 1.54) is 0 Å². The Balaban J connectivity index is 1.84. The number of hydrogen-bond donors (Lipinski definition) is 2. The minimum atomic E-state index is -0.891. The molecule has 1 aromatic rings. The van der Waals surface area contributed by atoms with E-state index in [-0.39, 0.29) is 11.8 Å². The molecule has 6 nitrogen and oxygen atoms in total. The lowest BCUT2D eigenvalue weighted by molar-refractivity contribution is -0.140. The molecule has 0 heterocycles. The third-order valence-corrected chi connectivity index (χ3v) is 3.77. The lowest BCUT2D eigenvalue weighted by Gasteiger charge is -2.12. The maximum Gasteiger partial charge on any atom is 0.307 e. The van der Waals surface area contributed by atoms with E-state index in [4.69, 9.17) is 14.6 Å². The summed E-state index contributed by atoms with van der Waals surface area (Å²) >= 11 is 0. The summed E-state index contributed by atoms with van der Waals surface area (Å²) in [6.07, 6.45) is 1.10. The minimum absolute atomic E-state index is 0.173. The zero-order chi connectivity index (χ0) is 16.8. The Morgan fingerprint density at radius 3 is 2.48 bits per heavy atom. The van der Waals surface area contributed by atoms with Crippen LogP contribution < -0.4 is 14.8 Å². The van der Waals surface area contributed by atoms with Crippen molar-refractivity contribution in [2.24, 2.45) is 11.8 Å². The molecule has 0 bridgehead atoms. The average Bonchev–Trinajstić information content (AvgIpc) is 3.31. The van der Waals surface area contributed by atoms with Gasteiger partial charge in [-0.15, -0.1) is 0 Å². The molecular weight excluding hydrogens is 298 g/mol. The van der Waals surface area contributed by atoms with Gasteiger partial charge in [0.1, 0.15) is 0 Å². The van der Waals surface area contributed by atoms with Crippen LogP contribution in [0.15, 0.2) is 18.2 Å². The van der Waals surface area contributed by atoms with Crippen LogP contribution >= 0.6 is 0 Å². The van der Waals surface area contributed by atoms with Gasteiger partial charge in [0.05, 0.1) is 25.0 Å². The quantitative estimate of drug-likeness (QED) is 0.725. The highest BCUT2D eigenvalue weighted by Crippen LogP contribution is 2.38. The molecule has 1 aliphatic rings. The number of benzene rings is 1. The van der Waals surface area contributed by atoms with Gasteiger partial charge < -0.3 is 19.9 Å². The highest BCUT2D eigenvalue weighted by atomic mass is 16.5. The van der Waals surface area contributed by atoms with Gasteiger partial charge in [0.15, 0.2) is 11.5 Å². The summed E-state index contributed by atoms with van der Waals surface area (Å²) in [7, 11) is 0. The zero-order valence-electron chi connectivity index (χ0n) is 13.5. The summed E-state index contributed by atoms with van der Waals surface area (Å²) in [5.41, 5.74) is 1.03. The van der Waals surface area contributed by atoms with Crippen molar-refractivity contribution in [3.05, 3.63) is 23.8 Å². The first-order valence-electron chi connectivity index (χ1n) is 7.95. The number of carbonyl (C=O) groups excluding carboxylic acids is 1. The van der Waals surface area contributed by atoms with Gasteiger partial charge >= 0.3 is 5.97 Å². The minimum Gasteiger partial charge on any atom is -0.490 e. The molecule has 2 rings (SSSR count). The molecule has 6 heteroatoms. The number of nitrogens with one attached hydrogen (secondary N) is 1. The largest absolute Gasteiger partial charge is 0.490 e. The molecule has 1 fully saturated rings. The first kappa shape index (κ1) is 17.1. The Bertz CT molecular complexity index is 572. The van der Waals surface area contributed by atoms with E-state index in [0.717, 1.165) is 5.56 Å². The molecule has 2 unspecified atom stereocenters. The van der Waals surface area contributed by atoms with Crippen LogP contribution in [0.1, 0.15) is 25.8 Å². The Morgan fingerprint density at radius 1 is 1.17 bits per heavy atom. The maximum absolute atomic E-state index is 11.8. The molecule has 126 valence electrons. The van der Waals surface area contributed by atoms with Crippen molar-refractivity contribution in [1.82, 2.24) is 5.32 Å². The Labute approximate surface area is 135 Å². The van der Waals surface area contributed by atoms with E-state index in [9.17, 15) is 9.59 Å². The van der Waals surface area contributed by atoms with E-state index in [1.54, 1.807) is 0 Å². The van der Waals surface area contributed by atoms with Gasteiger partial charge in [-0.25, -0.2) is 0 Å². The van der Waals surface area contributed by atoms with Crippen molar-refractivity contribution in [2.45, 2.75) is 26.7 Å². The normalized spacial score (nSPS) is 19.0. The van der Waals surface area contributed by atoms with E-state index < -0.39 is 11.9 Å². The summed E-state index contributed by atoms with van der Waals surface area (Å²) in [4.78, 5) is 22.6. The lowest BCUT2D eigenvalue weighted by atomic mass is 10.1. The number of ether oxygens (including phenoxy) is 2. The fraction of sp³-hybridized carbons (Fsp3) is 0.529. The van der Waals surface area contributed by atoms with Crippen molar-refractivity contribution >= 4 is 11.9 Å². The van der Waals surface area contributed by atoms with Crippen molar-refractivity contribution < 1.29 is 24.2 Å². The summed E-state index contributed by atoms with van der Waals surface area (Å²) in [5.74, 6) is -0.529. The van der Waals surface area contributed by atoms with Crippen LogP contribution in [-0.2, 0) is 16.0 Å². The highest BCUT2D eigenvalue weighted by Gasteiger charge is 2.48. The number of hydrogen-bond acceptors (Lipinski definition) is 4. The van der Waals surface area contributed by atoms with Gasteiger partial charge in [0.2, 0.25) is 5.91 Å². The SMILES string of the molecule is CCOc1ccc(CCNC(=O)C2CC2C(=O)O)cc1OCC. The van der Waals surface area contributed by atoms with Gasteiger partial charge in [-0.1, -0.05) is 6.07 Å².